The van der Waals surface area contributed by atoms with E-state index in [0.29, 0.717) is 32.2 Å². The van der Waals surface area contributed by atoms with E-state index in [1.165, 1.54) is 0 Å². The van der Waals surface area contributed by atoms with E-state index in [9.17, 15) is 19.8 Å². The summed E-state index contributed by atoms with van der Waals surface area (Å²) in [7, 11) is 0. The zero-order chi connectivity index (χ0) is 21.3. The highest BCUT2D eigenvalue weighted by molar-refractivity contribution is 5.98. The normalized spacial score (nSPS) is 38.2. The molecule has 2 heterocycles. The molecule has 1 saturated carbocycles. The first kappa shape index (κ1) is 19.8. The van der Waals surface area contributed by atoms with Gasteiger partial charge < -0.3 is 20.4 Å². The van der Waals surface area contributed by atoms with Crippen LogP contribution in [0, 0.1) is 0 Å². The Morgan fingerprint density at radius 3 is 2.70 bits per heavy atom. The predicted molar refractivity (Wildman–Crippen MR) is 111 cm³/mol. The maximum absolute atomic E-state index is 13.5. The van der Waals surface area contributed by atoms with E-state index >= 15 is 0 Å². The largest absolute Gasteiger partial charge is 0.508 e. The van der Waals surface area contributed by atoms with Crippen LogP contribution < -0.4 is 5.32 Å². The van der Waals surface area contributed by atoms with Gasteiger partial charge in [0.05, 0.1) is 12.1 Å². The van der Waals surface area contributed by atoms with Gasteiger partial charge in [0.15, 0.2) is 0 Å². The van der Waals surface area contributed by atoms with Crippen LogP contribution in [0.4, 0.5) is 0 Å². The van der Waals surface area contributed by atoms with Gasteiger partial charge in [0.2, 0.25) is 11.8 Å². The van der Waals surface area contributed by atoms with Crippen LogP contribution in [0.3, 0.4) is 0 Å². The van der Waals surface area contributed by atoms with Gasteiger partial charge in [0, 0.05) is 18.0 Å². The molecule has 30 heavy (non-hydrogen) atoms. The molecule has 1 aromatic rings. The molecule has 4 atom stereocenters. The Bertz CT molecular complexity index is 920. The molecule has 5 rings (SSSR count). The minimum absolute atomic E-state index is 0.0256. The average molecular weight is 414 g/mol. The minimum Gasteiger partial charge on any atom is -0.508 e. The number of fused-ring (bicyclic) bond motifs is 1. The van der Waals surface area contributed by atoms with E-state index in [1.807, 2.05) is 13.0 Å². The van der Waals surface area contributed by atoms with Crippen LogP contribution in [0.2, 0.25) is 0 Å². The predicted octanol–water partition coefficient (Wildman–Crippen LogP) is 0.912. The highest BCUT2D eigenvalue weighted by Crippen LogP contribution is 2.60. The molecule has 2 amide bonds. The van der Waals surface area contributed by atoms with Crippen LogP contribution in [0.25, 0.3) is 0 Å². The number of nitrogens with zero attached hydrogens (tertiary/aromatic N) is 2. The number of carbonyl (C=O) groups is 2. The van der Waals surface area contributed by atoms with Crippen molar-refractivity contribution in [2.75, 3.05) is 26.2 Å². The number of aliphatic hydroxyl groups is 1. The second-order valence-corrected chi connectivity index (χ2v) is 9.57. The summed E-state index contributed by atoms with van der Waals surface area (Å²) in [4.78, 5) is 30.0. The second-order valence-electron chi connectivity index (χ2n) is 9.57. The Balaban J connectivity index is 1.68. The average Bonchev–Trinajstić information content (AvgIpc) is 2.72. The van der Waals surface area contributed by atoms with Gasteiger partial charge in [-0.15, -0.1) is 0 Å². The molecule has 4 aliphatic rings. The smallest absolute Gasteiger partial charge is 0.248 e. The van der Waals surface area contributed by atoms with Crippen molar-refractivity contribution in [2.24, 2.45) is 0 Å². The summed E-state index contributed by atoms with van der Waals surface area (Å²) in [5.41, 5.74) is -0.580. The number of amides is 2. The van der Waals surface area contributed by atoms with Gasteiger partial charge in [-0.3, -0.25) is 14.5 Å². The molecule has 0 aromatic heterocycles. The molecular weight excluding hydrogens is 382 g/mol. The van der Waals surface area contributed by atoms with E-state index in [1.54, 1.807) is 17.0 Å². The highest BCUT2D eigenvalue weighted by Gasteiger charge is 2.69. The van der Waals surface area contributed by atoms with Crippen molar-refractivity contribution >= 4 is 11.8 Å². The molecule has 2 saturated heterocycles. The van der Waals surface area contributed by atoms with E-state index in [0.717, 1.165) is 30.6 Å². The number of piperidine rings is 1. The number of hydrogen-bond donors (Lipinski definition) is 3. The van der Waals surface area contributed by atoms with Crippen LogP contribution in [0.1, 0.15) is 50.7 Å². The van der Waals surface area contributed by atoms with Crippen LogP contribution in [0.15, 0.2) is 18.2 Å². The molecule has 1 spiro atoms. The molecule has 2 aliphatic carbocycles. The number of carbonyl (C=O) groups excluding carboxylic acids is 2. The summed E-state index contributed by atoms with van der Waals surface area (Å²) < 4.78 is 0. The minimum atomic E-state index is -0.993. The Labute approximate surface area is 177 Å². The third kappa shape index (κ3) is 2.39. The fraction of sp³-hybridized carbons (Fsp3) is 0.652. The molecule has 1 aromatic carbocycles. The molecule has 162 valence electrons. The van der Waals surface area contributed by atoms with Crippen LogP contribution >= 0.6 is 0 Å². The molecule has 0 unspecified atom stereocenters. The molecule has 7 nitrogen and oxygen atoms in total. The van der Waals surface area contributed by atoms with Crippen molar-refractivity contribution < 1.29 is 19.8 Å². The van der Waals surface area contributed by atoms with Gasteiger partial charge in [-0.2, -0.15) is 0 Å². The number of piperazine rings is 1. The van der Waals surface area contributed by atoms with Crippen molar-refractivity contribution in [1.29, 1.82) is 0 Å². The quantitative estimate of drug-likeness (QED) is 0.670. The summed E-state index contributed by atoms with van der Waals surface area (Å²) in [6, 6.07) is 5.42. The maximum atomic E-state index is 13.5. The van der Waals surface area contributed by atoms with E-state index < -0.39 is 16.6 Å². The summed E-state index contributed by atoms with van der Waals surface area (Å²) in [6.45, 7) is 6.30. The van der Waals surface area contributed by atoms with Crippen LogP contribution in [-0.4, -0.2) is 75.2 Å². The van der Waals surface area contributed by atoms with Gasteiger partial charge in [0.25, 0.3) is 0 Å². The third-order valence-electron chi connectivity index (χ3n) is 8.40. The first-order valence-electron chi connectivity index (χ1n) is 11.2. The maximum Gasteiger partial charge on any atom is 0.248 e. The highest BCUT2D eigenvalue weighted by atomic mass is 16.3. The Morgan fingerprint density at radius 2 is 1.97 bits per heavy atom. The Kier molecular flexibility index (Phi) is 4.25. The monoisotopic (exact) mass is 413 g/mol. The summed E-state index contributed by atoms with van der Waals surface area (Å²) >= 11 is 0. The van der Waals surface area contributed by atoms with Crippen LogP contribution in [0.5, 0.6) is 5.75 Å². The molecule has 3 N–H and O–H groups in total. The van der Waals surface area contributed by atoms with Crippen molar-refractivity contribution in [3.05, 3.63) is 29.3 Å². The molecular formula is C23H31N3O4. The lowest BCUT2D eigenvalue weighted by Gasteiger charge is -2.66. The van der Waals surface area contributed by atoms with Gasteiger partial charge >= 0.3 is 0 Å². The fourth-order valence-electron chi connectivity index (χ4n) is 6.97. The molecule has 3 fully saturated rings. The van der Waals surface area contributed by atoms with Crippen molar-refractivity contribution in [3.63, 3.8) is 0 Å². The Morgan fingerprint density at radius 1 is 1.17 bits per heavy atom. The molecule has 7 heteroatoms. The number of nitrogens with one attached hydrogen (secondary N) is 1. The molecule has 2 bridgehead atoms. The number of phenolic OH excluding ortho intramolecular Hbond substituents is 1. The molecule has 2 aliphatic heterocycles. The summed E-state index contributed by atoms with van der Waals surface area (Å²) in [5.74, 6) is 0.00575. The molecule has 0 radical (unpaired) electrons. The standard InChI is InChI=1S/C23H31N3O4/c1-3-25-10-9-21-14-22(20(29)26(4-2)13-19(28)24-22)7-8-23(21,30)18(25)11-15-5-6-16(27)12-17(15)21/h5-6,12,18,27,30H,3-4,7-11,13-14H2,1-2H3,(H,24,28)/t18-,21-,22+,23-/m1/s1. The van der Waals surface area contributed by atoms with E-state index in [4.69, 9.17) is 0 Å². The zero-order valence-electron chi connectivity index (χ0n) is 17.8. The van der Waals surface area contributed by atoms with Gasteiger partial charge in [0.1, 0.15) is 11.3 Å². The van der Waals surface area contributed by atoms with Crippen molar-refractivity contribution in [2.45, 2.75) is 68.5 Å². The summed E-state index contributed by atoms with van der Waals surface area (Å²) in [6.07, 6.45) is 2.70. The topological polar surface area (TPSA) is 93.1 Å². The van der Waals surface area contributed by atoms with Crippen LogP contribution in [-0.2, 0) is 21.4 Å². The van der Waals surface area contributed by atoms with Crippen molar-refractivity contribution in [1.82, 2.24) is 15.1 Å². The first-order chi connectivity index (χ1) is 14.3. The third-order valence-corrected chi connectivity index (χ3v) is 8.40. The number of aromatic hydroxyl groups is 1. The Hall–Kier alpha value is -2.12. The number of likely N-dealkylation sites (tertiary alicyclic amines) is 1. The number of hydrogen-bond acceptors (Lipinski definition) is 5. The zero-order valence-corrected chi connectivity index (χ0v) is 17.8. The fourth-order valence-corrected chi connectivity index (χ4v) is 6.97. The number of benzene rings is 1. The lowest BCUT2D eigenvalue weighted by Crippen LogP contribution is -2.79. The van der Waals surface area contributed by atoms with E-state index in [-0.39, 0.29) is 30.2 Å². The summed E-state index contributed by atoms with van der Waals surface area (Å²) in [5, 5.41) is 25.6. The van der Waals surface area contributed by atoms with Crippen molar-refractivity contribution in [3.8, 4) is 5.75 Å². The lowest BCUT2D eigenvalue weighted by atomic mass is 9.46. The van der Waals surface area contributed by atoms with Gasteiger partial charge in [-0.05, 0) is 75.4 Å². The number of rotatable bonds is 2. The lowest BCUT2D eigenvalue weighted by molar-refractivity contribution is -0.188. The van der Waals surface area contributed by atoms with Gasteiger partial charge in [-0.1, -0.05) is 13.0 Å². The number of phenols is 1. The number of likely N-dealkylation sites (N-methyl/N-ethyl adjacent to an activating group) is 2. The first-order valence-corrected chi connectivity index (χ1v) is 11.2. The van der Waals surface area contributed by atoms with E-state index in [2.05, 4.69) is 17.1 Å². The second kappa shape index (κ2) is 6.44. The van der Waals surface area contributed by atoms with Gasteiger partial charge in [-0.25, -0.2) is 0 Å². The SMILES string of the molecule is CCN1CC(=O)N[C@]2(CC[C@@]3(O)[C@H]4Cc5ccc(O)cc5[C@@]3(CCN4CC)C2)C1=O.